The smallest absolute Gasteiger partial charge is 0.340 e. The van der Waals surface area contributed by atoms with E-state index in [9.17, 15) is 9.90 Å². The molecular weight excluding hydrogens is 460 g/mol. The molecule has 0 amide bonds. The number of esters is 1. The lowest BCUT2D eigenvalue weighted by molar-refractivity contribution is 0.0527. The topological polar surface area (TPSA) is 67.8 Å². The molecule has 1 aliphatic heterocycles. The monoisotopic (exact) mass is 488 g/mol. The number of furan rings is 1. The van der Waals surface area contributed by atoms with Crippen molar-refractivity contribution in [3.8, 4) is 5.75 Å². The summed E-state index contributed by atoms with van der Waals surface area (Å²) >= 11 is 3.54. The summed E-state index contributed by atoms with van der Waals surface area (Å²) in [5.41, 5.74) is 2.96. The van der Waals surface area contributed by atoms with E-state index in [1.165, 1.54) is 6.42 Å². The molecule has 0 radical (unpaired) electrons. The molecule has 166 valence electrons. The quantitative estimate of drug-likeness (QED) is 0.456. The summed E-state index contributed by atoms with van der Waals surface area (Å²) in [6.45, 7) is 8.31. The van der Waals surface area contributed by atoms with Gasteiger partial charge in [-0.15, -0.1) is 0 Å². The van der Waals surface area contributed by atoms with E-state index in [4.69, 9.17) is 9.15 Å². The number of aromatic nitrogens is 1. The van der Waals surface area contributed by atoms with Crippen molar-refractivity contribution in [1.82, 2.24) is 9.47 Å². The molecule has 0 bridgehead atoms. The summed E-state index contributed by atoms with van der Waals surface area (Å²) in [4.78, 5) is 15.4. The SMILES string of the molecule is CCOC(=O)c1c(C)n(Cc2ccco2)c2cc(Br)c(O)c(CN3CCCCC3C)c12. The molecule has 1 atom stereocenters. The number of fused-ring (bicyclic) bond motifs is 1. The summed E-state index contributed by atoms with van der Waals surface area (Å²) in [7, 11) is 0. The van der Waals surface area contributed by atoms with Gasteiger partial charge in [-0.25, -0.2) is 4.79 Å². The van der Waals surface area contributed by atoms with Crippen LogP contribution in [0.3, 0.4) is 0 Å². The number of phenolic OH excluding ortho intramolecular Hbond substituents is 1. The van der Waals surface area contributed by atoms with Crippen LogP contribution in [0, 0.1) is 6.92 Å². The number of rotatable bonds is 6. The highest BCUT2D eigenvalue weighted by Gasteiger charge is 2.29. The van der Waals surface area contributed by atoms with Crippen LogP contribution in [-0.2, 0) is 17.8 Å². The second-order valence-electron chi connectivity index (χ2n) is 8.24. The first-order valence-corrected chi connectivity index (χ1v) is 11.7. The number of halogens is 1. The average Bonchev–Trinajstić information content (AvgIpc) is 3.34. The molecule has 0 spiro atoms. The Labute approximate surface area is 190 Å². The summed E-state index contributed by atoms with van der Waals surface area (Å²) < 4.78 is 13.7. The fraction of sp³-hybridized carbons (Fsp3) is 0.458. The molecule has 0 aliphatic carbocycles. The first kappa shape index (κ1) is 22.0. The minimum Gasteiger partial charge on any atom is -0.506 e. The first-order valence-electron chi connectivity index (χ1n) is 10.9. The number of ether oxygens (including phenoxy) is 1. The summed E-state index contributed by atoms with van der Waals surface area (Å²) in [6, 6.07) is 6.08. The van der Waals surface area contributed by atoms with Gasteiger partial charge in [-0.1, -0.05) is 6.42 Å². The van der Waals surface area contributed by atoms with Gasteiger partial charge < -0.3 is 18.8 Å². The molecule has 4 rings (SSSR count). The summed E-state index contributed by atoms with van der Waals surface area (Å²) in [5, 5.41) is 11.8. The molecular formula is C24H29BrN2O4. The van der Waals surface area contributed by atoms with Crippen LogP contribution in [0.25, 0.3) is 10.9 Å². The lowest BCUT2D eigenvalue weighted by Crippen LogP contribution is -2.36. The number of carbonyl (C=O) groups is 1. The third kappa shape index (κ3) is 4.13. The molecule has 6 nitrogen and oxygen atoms in total. The van der Waals surface area contributed by atoms with Crippen molar-refractivity contribution in [3.63, 3.8) is 0 Å². The van der Waals surface area contributed by atoms with Crippen molar-refractivity contribution in [2.24, 2.45) is 0 Å². The van der Waals surface area contributed by atoms with Gasteiger partial charge in [0.25, 0.3) is 0 Å². The van der Waals surface area contributed by atoms with Gasteiger partial charge in [-0.3, -0.25) is 4.90 Å². The Morgan fingerprint density at radius 2 is 2.16 bits per heavy atom. The maximum atomic E-state index is 13.0. The van der Waals surface area contributed by atoms with E-state index in [-0.39, 0.29) is 11.7 Å². The van der Waals surface area contributed by atoms with Crippen molar-refractivity contribution in [3.05, 3.63) is 51.5 Å². The number of piperidine rings is 1. The lowest BCUT2D eigenvalue weighted by atomic mass is 9.99. The summed E-state index contributed by atoms with van der Waals surface area (Å²) in [6.07, 6.45) is 5.16. The number of carbonyl (C=O) groups excluding carboxylic acids is 1. The fourth-order valence-corrected chi connectivity index (χ4v) is 5.09. The largest absolute Gasteiger partial charge is 0.506 e. The number of likely N-dealkylation sites (tertiary alicyclic amines) is 1. The van der Waals surface area contributed by atoms with Crippen molar-refractivity contribution in [2.75, 3.05) is 13.2 Å². The van der Waals surface area contributed by atoms with Crippen molar-refractivity contribution < 1.29 is 19.1 Å². The predicted molar refractivity (Wildman–Crippen MR) is 124 cm³/mol. The van der Waals surface area contributed by atoms with E-state index in [1.807, 2.05) is 25.1 Å². The molecule has 1 unspecified atom stereocenters. The van der Waals surface area contributed by atoms with Crippen LogP contribution in [0.4, 0.5) is 0 Å². The van der Waals surface area contributed by atoms with Gasteiger partial charge >= 0.3 is 5.97 Å². The Morgan fingerprint density at radius 3 is 2.84 bits per heavy atom. The Bertz CT molecular complexity index is 1090. The van der Waals surface area contributed by atoms with E-state index >= 15 is 0 Å². The standard InChI is InChI=1S/C24H29BrN2O4/c1-4-30-24(29)21-16(3)27(13-17-9-7-11-31-17)20-12-19(25)23(28)18(22(20)21)14-26-10-6-5-8-15(26)2/h7,9,11-12,15,28H,4-6,8,10,13-14H2,1-3H3. The van der Waals surface area contributed by atoms with E-state index in [2.05, 4.69) is 32.3 Å². The Balaban J connectivity index is 1.93. The average molecular weight is 489 g/mol. The minimum atomic E-state index is -0.363. The lowest BCUT2D eigenvalue weighted by Gasteiger charge is -2.33. The fourth-order valence-electron chi connectivity index (χ4n) is 4.63. The molecule has 3 heterocycles. The van der Waals surface area contributed by atoms with Crippen LogP contribution in [0.5, 0.6) is 5.75 Å². The molecule has 3 aromatic rings. The number of benzene rings is 1. The maximum Gasteiger partial charge on any atom is 0.340 e. The number of hydrogen-bond acceptors (Lipinski definition) is 5. The van der Waals surface area contributed by atoms with Crippen molar-refractivity contribution >= 4 is 32.8 Å². The Hall–Kier alpha value is -2.25. The second-order valence-corrected chi connectivity index (χ2v) is 9.10. The van der Waals surface area contributed by atoms with Crippen LogP contribution in [0.2, 0.25) is 0 Å². The third-order valence-electron chi connectivity index (χ3n) is 6.32. The molecule has 1 aromatic carbocycles. The number of phenols is 1. The molecule has 31 heavy (non-hydrogen) atoms. The normalized spacial score (nSPS) is 17.4. The minimum absolute atomic E-state index is 0.186. The van der Waals surface area contributed by atoms with Gasteiger partial charge in [-0.05, 0) is 74.3 Å². The van der Waals surface area contributed by atoms with Gasteiger partial charge in [0.1, 0.15) is 11.5 Å². The van der Waals surface area contributed by atoms with Gasteiger partial charge in [0.2, 0.25) is 0 Å². The number of aromatic hydroxyl groups is 1. The Kier molecular flexibility index (Phi) is 6.44. The van der Waals surface area contributed by atoms with Crippen molar-refractivity contribution in [2.45, 2.75) is 59.2 Å². The highest BCUT2D eigenvalue weighted by atomic mass is 79.9. The second kappa shape index (κ2) is 9.09. The number of hydrogen-bond donors (Lipinski definition) is 1. The molecule has 7 heteroatoms. The van der Waals surface area contributed by atoms with Gasteiger partial charge in [0.15, 0.2) is 0 Å². The van der Waals surface area contributed by atoms with Crippen LogP contribution in [-0.4, -0.2) is 39.7 Å². The highest BCUT2D eigenvalue weighted by Crippen LogP contribution is 2.41. The number of nitrogens with zero attached hydrogens (tertiary/aromatic N) is 2. The maximum absolute atomic E-state index is 13.0. The van der Waals surface area contributed by atoms with Crippen LogP contribution in [0.15, 0.2) is 33.4 Å². The summed E-state index contributed by atoms with van der Waals surface area (Å²) in [5.74, 6) is 0.620. The molecule has 1 fully saturated rings. The zero-order valence-electron chi connectivity index (χ0n) is 18.3. The molecule has 1 aliphatic rings. The van der Waals surface area contributed by atoms with Crippen LogP contribution < -0.4 is 0 Å². The van der Waals surface area contributed by atoms with Gasteiger partial charge in [0, 0.05) is 29.2 Å². The molecule has 1 saturated heterocycles. The van der Waals surface area contributed by atoms with E-state index in [0.717, 1.165) is 47.3 Å². The van der Waals surface area contributed by atoms with Crippen LogP contribution >= 0.6 is 15.9 Å². The highest BCUT2D eigenvalue weighted by molar-refractivity contribution is 9.10. The van der Waals surface area contributed by atoms with E-state index in [0.29, 0.717) is 35.8 Å². The third-order valence-corrected chi connectivity index (χ3v) is 6.92. The zero-order valence-corrected chi connectivity index (χ0v) is 19.9. The van der Waals surface area contributed by atoms with Gasteiger partial charge in [0.05, 0.1) is 35.0 Å². The Morgan fingerprint density at radius 1 is 1.35 bits per heavy atom. The van der Waals surface area contributed by atoms with Crippen LogP contribution in [0.1, 0.15) is 60.5 Å². The van der Waals surface area contributed by atoms with E-state index in [1.54, 1.807) is 13.2 Å². The van der Waals surface area contributed by atoms with Gasteiger partial charge in [-0.2, -0.15) is 0 Å². The first-order chi connectivity index (χ1) is 14.9. The van der Waals surface area contributed by atoms with Crippen molar-refractivity contribution in [1.29, 1.82) is 0 Å². The zero-order chi connectivity index (χ0) is 22.1. The predicted octanol–water partition coefficient (Wildman–Crippen LogP) is 5.61. The molecule has 0 saturated carbocycles. The molecule has 1 N–H and O–H groups in total. The molecule has 2 aromatic heterocycles. The van der Waals surface area contributed by atoms with E-state index < -0.39 is 0 Å².